The third kappa shape index (κ3) is 3.40. The second-order valence-electron chi connectivity index (χ2n) is 9.68. The molecule has 0 N–H and O–H groups in total. The molecule has 180 valence electrons. The third-order valence-electron chi connectivity index (χ3n) is 7.49. The molecule has 0 saturated carbocycles. The summed E-state index contributed by atoms with van der Waals surface area (Å²) in [4.78, 5) is 14.3. The lowest BCUT2D eigenvalue weighted by Crippen LogP contribution is -2.28. The van der Waals surface area contributed by atoms with Gasteiger partial charge in [-0.2, -0.15) is 0 Å². The lowest BCUT2D eigenvalue weighted by Gasteiger charge is -2.34. The SMILES string of the molecule is Cc1nc(-c2ccccc2)nc(-c2cccc(C3(c4ccccc4)c4ccccc4-c4ccccc43)c2)n1. The van der Waals surface area contributed by atoms with Gasteiger partial charge in [0, 0.05) is 11.1 Å². The number of benzene rings is 5. The van der Waals surface area contributed by atoms with Crippen LogP contribution >= 0.6 is 0 Å². The van der Waals surface area contributed by atoms with E-state index >= 15 is 0 Å². The highest BCUT2D eigenvalue weighted by atomic mass is 15.0. The Kier molecular flexibility index (Phi) is 5.22. The van der Waals surface area contributed by atoms with Crippen molar-refractivity contribution in [3.8, 4) is 33.9 Å². The molecular weight excluding hydrogens is 462 g/mol. The largest absolute Gasteiger partial charge is 0.213 e. The topological polar surface area (TPSA) is 38.7 Å². The summed E-state index contributed by atoms with van der Waals surface area (Å²) in [5.41, 5.74) is 9.08. The maximum Gasteiger partial charge on any atom is 0.163 e. The minimum absolute atomic E-state index is 0.450. The van der Waals surface area contributed by atoms with E-state index in [1.807, 2.05) is 37.3 Å². The van der Waals surface area contributed by atoms with Crippen LogP contribution in [0.1, 0.15) is 28.1 Å². The fraction of sp³-hybridized carbons (Fsp3) is 0.0571. The molecule has 38 heavy (non-hydrogen) atoms. The lowest BCUT2D eigenvalue weighted by atomic mass is 9.67. The highest BCUT2D eigenvalue weighted by Crippen LogP contribution is 2.56. The highest BCUT2D eigenvalue weighted by Gasteiger charge is 2.45. The molecule has 3 nitrogen and oxygen atoms in total. The Morgan fingerprint density at radius 1 is 0.447 bits per heavy atom. The van der Waals surface area contributed by atoms with Crippen LogP contribution in [0, 0.1) is 6.92 Å². The van der Waals surface area contributed by atoms with Crippen LogP contribution in [0.25, 0.3) is 33.9 Å². The normalized spacial score (nSPS) is 13.1. The number of hydrogen-bond donors (Lipinski definition) is 0. The van der Waals surface area contributed by atoms with Gasteiger partial charge in [0.25, 0.3) is 0 Å². The smallest absolute Gasteiger partial charge is 0.163 e. The molecule has 0 amide bonds. The lowest BCUT2D eigenvalue weighted by molar-refractivity contribution is 0.768. The average molecular weight is 488 g/mol. The van der Waals surface area contributed by atoms with Gasteiger partial charge in [0.2, 0.25) is 0 Å². The van der Waals surface area contributed by atoms with Gasteiger partial charge in [-0.25, -0.2) is 15.0 Å². The molecule has 0 aliphatic heterocycles. The van der Waals surface area contributed by atoms with Crippen LogP contribution in [0.2, 0.25) is 0 Å². The molecule has 5 aromatic carbocycles. The van der Waals surface area contributed by atoms with Crippen molar-refractivity contribution in [1.29, 1.82) is 0 Å². The number of hydrogen-bond acceptors (Lipinski definition) is 3. The van der Waals surface area contributed by atoms with Gasteiger partial charge in [0.15, 0.2) is 11.6 Å². The molecule has 1 aliphatic rings. The quantitative estimate of drug-likeness (QED) is 0.253. The van der Waals surface area contributed by atoms with Crippen LogP contribution in [0.3, 0.4) is 0 Å². The number of aryl methyl sites for hydroxylation is 1. The monoisotopic (exact) mass is 487 g/mol. The fourth-order valence-electron chi connectivity index (χ4n) is 5.93. The van der Waals surface area contributed by atoms with Crippen molar-refractivity contribution in [2.75, 3.05) is 0 Å². The first-order chi connectivity index (χ1) is 18.7. The fourth-order valence-corrected chi connectivity index (χ4v) is 5.93. The molecule has 0 radical (unpaired) electrons. The van der Waals surface area contributed by atoms with E-state index in [1.54, 1.807) is 0 Å². The van der Waals surface area contributed by atoms with Crippen molar-refractivity contribution in [2.24, 2.45) is 0 Å². The third-order valence-corrected chi connectivity index (χ3v) is 7.49. The number of rotatable bonds is 4. The van der Waals surface area contributed by atoms with Crippen molar-refractivity contribution < 1.29 is 0 Å². The van der Waals surface area contributed by atoms with Gasteiger partial charge in [0.1, 0.15) is 5.82 Å². The molecule has 7 rings (SSSR count). The molecule has 0 saturated heterocycles. The van der Waals surface area contributed by atoms with Gasteiger partial charge in [-0.1, -0.05) is 127 Å². The van der Waals surface area contributed by atoms with Crippen LogP contribution in [0.5, 0.6) is 0 Å². The Balaban J connectivity index is 1.49. The van der Waals surface area contributed by atoms with E-state index in [0.717, 1.165) is 11.1 Å². The van der Waals surface area contributed by atoms with E-state index in [4.69, 9.17) is 9.97 Å². The molecule has 3 heteroatoms. The first-order valence-corrected chi connectivity index (χ1v) is 12.9. The van der Waals surface area contributed by atoms with Crippen molar-refractivity contribution in [3.05, 3.63) is 162 Å². The summed E-state index contributed by atoms with van der Waals surface area (Å²) in [7, 11) is 0. The predicted octanol–water partition coefficient (Wildman–Crippen LogP) is 7.88. The average Bonchev–Trinajstić information content (AvgIpc) is 3.29. The zero-order valence-corrected chi connectivity index (χ0v) is 21.0. The molecule has 0 atom stereocenters. The molecule has 1 aromatic heterocycles. The summed E-state index contributed by atoms with van der Waals surface area (Å²) in [6.07, 6.45) is 0. The Morgan fingerprint density at radius 2 is 0.947 bits per heavy atom. The van der Waals surface area contributed by atoms with Gasteiger partial charge in [-0.05, 0) is 46.4 Å². The zero-order chi connectivity index (χ0) is 25.5. The Bertz CT molecular complexity index is 1730. The maximum atomic E-state index is 4.90. The van der Waals surface area contributed by atoms with Crippen molar-refractivity contribution >= 4 is 0 Å². The van der Waals surface area contributed by atoms with E-state index in [0.29, 0.717) is 17.5 Å². The van der Waals surface area contributed by atoms with Crippen molar-refractivity contribution in [1.82, 2.24) is 15.0 Å². The number of fused-ring (bicyclic) bond motifs is 3. The van der Waals surface area contributed by atoms with E-state index in [1.165, 1.54) is 33.4 Å². The van der Waals surface area contributed by atoms with Crippen molar-refractivity contribution in [2.45, 2.75) is 12.3 Å². The van der Waals surface area contributed by atoms with Crippen LogP contribution in [0.15, 0.2) is 133 Å². The summed E-state index contributed by atoms with van der Waals surface area (Å²) < 4.78 is 0. The summed E-state index contributed by atoms with van der Waals surface area (Å²) in [6.45, 7) is 1.93. The molecule has 0 unspecified atom stereocenters. The summed E-state index contributed by atoms with van der Waals surface area (Å²) in [5.74, 6) is 2.07. The van der Waals surface area contributed by atoms with E-state index < -0.39 is 5.41 Å². The van der Waals surface area contributed by atoms with Gasteiger partial charge >= 0.3 is 0 Å². The van der Waals surface area contributed by atoms with E-state index in [9.17, 15) is 0 Å². The maximum absolute atomic E-state index is 4.90. The van der Waals surface area contributed by atoms with E-state index in [-0.39, 0.29) is 0 Å². The molecule has 0 bridgehead atoms. The number of aromatic nitrogens is 3. The van der Waals surface area contributed by atoms with Crippen LogP contribution < -0.4 is 0 Å². The first-order valence-electron chi connectivity index (χ1n) is 12.9. The van der Waals surface area contributed by atoms with Crippen molar-refractivity contribution in [3.63, 3.8) is 0 Å². The molecule has 0 spiro atoms. The predicted molar refractivity (Wildman–Crippen MR) is 153 cm³/mol. The minimum atomic E-state index is -0.450. The van der Waals surface area contributed by atoms with Gasteiger partial charge in [0.05, 0.1) is 5.41 Å². The van der Waals surface area contributed by atoms with Crippen LogP contribution in [-0.4, -0.2) is 15.0 Å². The number of nitrogens with zero attached hydrogens (tertiary/aromatic N) is 3. The minimum Gasteiger partial charge on any atom is -0.213 e. The summed E-state index contributed by atoms with van der Waals surface area (Å²) in [6, 6.07) is 47.2. The standard InChI is InChI=1S/C35H25N3/c1-24-36-33(25-13-4-2-5-14-25)38-34(37-24)26-15-12-18-28(23-26)35(27-16-6-3-7-17-27)31-21-10-8-19-29(31)30-20-9-11-22-32(30)35/h2-23H,1H3. The second-order valence-corrected chi connectivity index (χ2v) is 9.68. The molecule has 1 heterocycles. The van der Waals surface area contributed by atoms with Crippen LogP contribution in [-0.2, 0) is 5.41 Å². The highest BCUT2D eigenvalue weighted by molar-refractivity contribution is 5.86. The van der Waals surface area contributed by atoms with E-state index in [2.05, 4.69) is 108 Å². The first kappa shape index (κ1) is 22.3. The summed E-state index contributed by atoms with van der Waals surface area (Å²) >= 11 is 0. The molecular formula is C35H25N3. The summed E-state index contributed by atoms with van der Waals surface area (Å²) in [5, 5.41) is 0. The molecule has 6 aromatic rings. The van der Waals surface area contributed by atoms with Gasteiger partial charge < -0.3 is 0 Å². The molecule has 0 fully saturated rings. The van der Waals surface area contributed by atoms with Crippen LogP contribution in [0.4, 0.5) is 0 Å². The van der Waals surface area contributed by atoms with Gasteiger partial charge in [-0.15, -0.1) is 0 Å². The van der Waals surface area contributed by atoms with Gasteiger partial charge in [-0.3, -0.25) is 0 Å². The Hall–Kier alpha value is -4.89. The molecule has 1 aliphatic carbocycles. The Labute approximate surface area is 222 Å². The Morgan fingerprint density at radius 3 is 1.61 bits per heavy atom. The zero-order valence-electron chi connectivity index (χ0n) is 21.0. The second kappa shape index (κ2) is 8.89.